The van der Waals surface area contributed by atoms with E-state index in [1.807, 2.05) is 4.90 Å². The van der Waals surface area contributed by atoms with Gasteiger partial charge < -0.3 is 9.84 Å². The minimum atomic E-state index is -4.69. The van der Waals surface area contributed by atoms with Crippen molar-refractivity contribution >= 4 is 5.97 Å². The van der Waals surface area contributed by atoms with E-state index in [4.69, 9.17) is 5.11 Å². The van der Waals surface area contributed by atoms with Crippen molar-refractivity contribution in [2.45, 2.75) is 19.3 Å². The summed E-state index contributed by atoms with van der Waals surface area (Å²) >= 11 is 0. The Bertz CT molecular complexity index is 473. The highest BCUT2D eigenvalue weighted by molar-refractivity contribution is 5.70. The quantitative estimate of drug-likeness (QED) is 0.925. The number of nitrogens with zero attached hydrogens (tertiary/aromatic N) is 1. The lowest BCUT2D eigenvalue weighted by molar-refractivity contribution is -0.274. The van der Waals surface area contributed by atoms with Crippen LogP contribution < -0.4 is 4.74 Å². The molecule has 0 aliphatic carbocycles. The van der Waals surface area contributed by atoms with Crippen LogP contribution in [0.4, 0.5) is 13.2 Å². The van der Waals surface area contributed by atoms with Crippen molar-refractivity contribution in [1.29, 1.82) is 0 Å². The topological polar surface area (TPSA) is 49.8 Å². The minimum Gasteiger partial charge on any atom is -0.481 e. The van der Waals surface area contributed by atoms with Crippen molar-refractivity contribution in [3.63, 3.8) is 0 Å². The van der Waals surface area contributed by atoms with Gasteiger partial charge in [0.25, 0.3) is 0 Å². The van der Waals surface area contributed by atoms with Crippen LogP contribution in [-0.4, -0.2) is 35.4 Å². The fourth-order valence-corrected chi connectivity index (χ4v) is 2.23. The monoisotopic (exact) mass is 289 g/mol. The molecule has 1 aromatic rings. The number of likely N-dealkylation sites (tertiary alicyclic amines) is 1. The number of rotatable bonds is 4. The molecule has 1 N–H and O–H groups in total. The van der Waals surface area contributed by atoms with Gasteiger partial charge in [0.05, 0.1) is 5.92 Å². The van der Waals surface area contributed by atoms with Gasteiger partial charge in [0.1, 0.15) is 5.75 Å². The van der Waals surface area contributed by atoms with E-state index in [1.165, 1.54) is 12.1 Å². The molecule has 0 amide bonds. The SMILES string of the molecule is O=C(O)[C@@H]1CCN(Cc2ccc(OC(F)(F)F)cc2)C1. The summed E-state index contributed by atoms with van der Waals surface area (Å²) in [7, 11) is 0. The minimum absolute atomic E-state index is 0.258. The highest BCUT2D eigenvalue weighted by Gasteiger charge is 2.31. The summed E-state index contributed by atoms with van der Waals surface area (Å²) in [5, 5.41) is 8.89. The molecule has 1 aromatic carbocycles. The van der Waals surface area contributed by atoms with Gasteiger partial charge in [-0.3, -0.25) is 9.69 Å². The molecule has 7 heteroatoms. The van der Waals surface area contributed by atoms with Crippen molar-refractivity contribution in [3.05, 3.63) is 29.8 Å². The summed E-state index contributed by atoms with van der Waals surface area (Å²) in [5.41, 5.74) is 0.825. The van der Waals surface area contributed by atoms with Crippen molar-refractivity contribution in [1.82, 2.24) is 4.90 Å². The number of benzene rings is 1. The Morgan fingerprint density at radius 2 is 2.00 bits per heavy atom. The van der Waals surface area contributed by atoms with Gasteiger partial charge >= 0.3 is 12.3 Å². The molecule has 1 aliphatic rings. The smallest absolute Gasteiger partial charge is 0.481 e. The highest BCUT2D eigenvalue weighted by Crippen LogP contribution is 2.24. The summed E-state index contributed by atoms with van der Waals surface area (Å²) in [6.07, 6.45) is -4.09. The van der Waals surface area contributed by atoms with Crippen LogP contribution in [-0.2, 0) is 11.3 Å². The normalized spacial score (nSPS) is 20.1. The summed E-state index contributed by atoms with van der Waals surface area (Å²) in [4.78, 5) is 12.8. The number of ether oxygens (including phenoxy) is 1. The van der Waals surface area contributed by atoms with Crippen molar-refractivity contribution < 1.29 is 27.8 Å². The van der Waals surface area contributed by atoms with E-state index >= 15 is 0 Å². The number of carboxylic acid groups (broad SMARTS) is 1. The van der Waals surface area contributed by atoms with Gasteiger partial charge in [-0.25, -0.2) is 0 Å². The summed E-state index contributed by atoms with van der Waals surface area (Å²) < 4.78 is 39.8. The standard InChI is InChI=1S/C13H14F3NO3/c14-13(15,16)20-11-3-1-9(2-4-11)7-17-6-5-10(8-17)12(18)19/h1-4,10H,5-8H2,(H,18,19)/t10-/m1/s1. The predicted octanol–water partition coefficient (Wildman–Crippen LogP) is 2.49. The molecule has 0 radical (unpaired) electrons. The molecule has 1 atom stereocenters. The summed E-state index contributed by atoms with van der Waals surface area (Å²) in [6, 6.07) is 5.62. The van der Waals surface area contributed by atoms with E-state index in [-0.39, 0.29) is 11.7 Å². The first-order valence-electron chi connectivity index (χ1n) is 6.13. The molecule has 1 fully saturated rings. The number of aliphatic carboxylic acids is 1. The molecule has 110 valence electrons. The van der Waals surface area contributed by atoms with Crippen LogP contribution in [0, 0.1) is 5.92 Å². The second-order valence-electron chi connectivity index (χ2n) is 4.75. The van der Waals surface area contributed by atoms with Crippen LogP contribution in [0.5, 0.6) is 5.75 Å². The molecule has 1 aliphatic heterocycles. The van der Waals surface area contributed by atoms with Gasteiger partial charge in [0.2, 0.25) is 0 Å². The van der Waals surface area contributed by atoms with Gasteiger partial charge in [-0.05, 0) is 30.7 Å². The first-order chi connectivity index (χ1) is 9.33. The first-order valence-corrected chi connectivity index (χ1v) is 6.13. The number of halogens is 3. The molecule has 0 saturated carbocycles. The first kappa shape index (κ1) is 14.6. The number of carboxylic acids is 1. The third kappa shape index (κ3) is 4.12. The maximum atomic E-state index is 12.0. The number of hydrogen-bond donors (Lipinski definition) is 1. The van der Waals surface area contributed by atoms with E-state index < -0.39 is 12.3 Å². The zero-order valence-corrected chi connectivity index (χ0v) is 10.6. The average Bonchev–Trinajstić information content (AvgIpc) is 2.78. The number of alkyl halides is 3. The predicted molar refractivity (Wildman–Crippen MR) is 64.1 cm³/mol. The third-order valence-electron chi connectivity index (χ3n) is 3.18. The molecular weight excluding hydrogens is 275 g/mol. The molecule has 1 heterocycles. The van der Waals surface area contributed by atoms with Gasteiger partial charge in [-0.1, -0.05) is 12.1 Å². The lowest BCUT2D eigenvalue weighted by atomic mass is 10.1. The largest absolute Gasteiger partial charge is 0.573 e. The Morgan fingerprint density at radius 3 is 2.50 bits per heavy atom. The Kier molecular flexibility index (Phi) is 4.17. The molecule has 1 saturated heterocycles. The zero-order valence-electron chi connectivity index (χ0n) is 10.6. The maximum absolute atomic E-state index is 12.0. The van der Waals surface area contributed by atoms with Crippen molar-refractivity contribution in [2.75, 3.05) is 13.1 Å². The van der Waals surface area contributed by atoms with Crippen LogP contribution >= 0.6 is 0 Å². The van der Waals surface area contributed by atoms with Crippen molar-refractivity contribution in [2.24, 2.45) is 5.92 Å². The summed E-state index contributed by atoms with van der Waals surface area (Å²) in [6.45, 7) is 1.67. The van der Waals surface area contributed by atoms with Crippen LogP contribution in [0.1, 0.15) is 12.0 Å². The Labute approximate surface area is 113 Å². The van der Waals surface area contributed by atoms with Gasteiger partial charge in [0, 0.05) is 13.1 Å². The fourth-order valence-electron chi connectivity index (χ4n) is 2.23. The highest BCUT2D eigenvalue weighted by atomic mass is 19.4. The number of carbonyl (C=O) groups is 1. The van der Waals surface area contributed by atoms with Crippen molar-refractivity contribution in [3.8, 4) is 5.75 Å². The van der Waals surface area contributed by atoms with E-state index in [1.54, 1.807) is 12.1 Å². The van der Waals surface area contributed by atoms with Crippen LogP contribution in [0.3, 0.4) is 0 Å². The second kappa shape index (κ2) is 5.70. The number of hydrogen-bond acceptors (Lipinski definition) is 3. The molecule has 0 bridgehead atoms. The molecule has 0 aromatic heterocycles. The van der Waals surface area contributed by atoms with Gasteiger partial charge in [0.15, 0.2) is 0 Å². The van der Waals surface area contributed by atoms with Crippen LogP contribution in [0.25, 0.3) is 0 Å². The van der Waals surface area contributed by atoms with Gasteiger partial charge in [-0.2, -0.15) is 0 Å². The zero-order chi connectivity index (χ0) is 14.8. The lowest BCUT2D eigenvalue weighted by Gasteiger charge is -2.15. The Balaban J connectivity index is 1.90. The molecule has 2 rings (SSSR count). The molecule has 4 nitrogen and oxygen atoms in total. The molecule has 0 unspecified atom stereocenters. The van der Waals surface area contributed by atoms with E-state index in [0.717, 1.165) is 5.56 Å². The maximum Gasteiger partial charge on any atom is 0.573 e. The average molecular weight is 289 g/mol. The van der Waals surface area contributed by atoms with E-state index in [0.29, 0.717) is 26.1 Å². The Hall–Kier alpha value is -1.76. The molecule has 0 spiro atoms. The molecular formula is C13H14F3NO3. The summed E-state index contributed by atoms with van der Waals surface area (Å²) in [5.74, 6) is -1.42. The fraction of sp³-hybridized carbons (Fsp3) is 0.462. The van der Waals surface area contributed by atoms with Gasteiger partial charge in [-0.15, -0.1) is 13.2 Å². The molecule has 20 heavy (non-hydrogen) atoms. The van der Waals surface area contributed by atoms with Crippen LogP contribution in [0.15, 0.2) is 24.3 Å². The van der Waals surface area contributed by atoms with E-state index in [9.17, 15) is 18.0 Å². The van der Waals surface area contributed by atoms with E-state index in [2.05, 4.69) is 4.74 Å². The second-order valence-corrected chi connectivity index (χ2v) is 4.75. The Morgan fingerprint density at radius 1 is 1.35 bits per heavy atom. The van der Waals surface area contributed by atoms with Crippen LogP contribution in [0.2, 0.25) is 0 Å². The third-order valence-corrected chi connectivity index (χ3v) is 3.18. The lowest BCUT2D eigenvalue weighted by Crippen LogP contribution is -2.22.